The summed E-state index contributed by atoms with van der Waals surface area (Å²) in [6.07, 6.45) is 3.77. The van der Waals surface area contributed by atoms with Crippen molar-refractivity contribution >= 4 is 62.6 Å². The topological polar surface area (TPSA) is 76.7 Å². The van der Waals surface area contributed by atoms with Gasteiger partial charge in [0.2, 0.25) is 0 Å². The molecule has 0 bridgehead atoms. The van der Waals surface area contributed by atoms with Crippen LogP contribution in [0.15, 0.2) is 66.9 Å². The predicted molar refractivity (Wildman–Crippen MR) is 203 cm³/mol. The van der Waals surface area contributed by atoms with Crippen LogP contribution in [-0.2, 0) is 20.0 Å². The first-order chi connectivity index (χ1) is 24.0. The third-order valence-corrected chi connectivity index (χ3v) is 10.9. The lowest BCUT2D eigenvalue weighted by atomic mass is 9.93. The van der Waals surface area contributed by atoms with E-state index in [0.29, 0.717) is 60.7 Å². The van der Waals surface area contributed by atoms with Crippen molar-refractivity contribution in [3.8, 4) is 16.9 Å². The van der Waals surface area contributed by atoms with Gasteiger partial charge in [-0.3, -0.25) is 4.79 Å². The second-order valence-corrected chi connectivity index (χ2v) is 14.1. The quantitative estimate of drug-likeness (QED) is 0.160. The van der Waals surface area contributed by atoms with Crippen molar-refractivity contribution in [3.63, 3.8) is 0 Å². The highest BCUT2D eigenvalue weighted by Crippen LogP contribution is 2.43. The van der Waals surface area contributed by atoms with Gasteiger partial charge >= 0.3 is 5.97 Å². The van der Waals surface area contributed by atoms with E-state index in [1.807, 2.05) is 68.1 Å². The van der Waals surface area contributed by atoms with Gasteiger partial charge in [0.25, 0.3) is 5.91 Å². The summed E-state index contributed by atoms with van der Waals surface area (Å²) in [5.74, 6) is -0.423. The monoisotopic (exact) mass is 707 g/mol. The van der Waals surface area contributed by atoms with Crippen LogP contribution in [0.4, 0.5) is 5.69 Å². The number of hydrogen-bond acceptors (Lipinski definition) is 3. The van der Waals surface area contributed by atoms with Crippen LogP contribution in [0.3, 0.4) is 0 Å². The molecule has 7 rings (SSSR count). The Hall–Kier alpha value is -4.72. The van der Waals surface area contributed by atoms with E-state index in [2.05, 4.69) is 30.5 Å². The third-order valence-electron chi connectivity index (χ3n) is 10.00. The summed E-state index contributed by atoms with van der Waals surface area (Å²) in [6.45, 7) is 9.61. The molecule has 50 heavy (non-hydrogen) atoms. The predicted octanol–water partition coefficient (Wildman–Crippen LogP) is 10.1. The number of carbonyl (C=O) groups is 2. The lowest BCUT2D eigenvalue weighted by molar-refractivity contribution is 0.0698. The Kier molecular flexibility index (Phi) is 8.91. The van der Waals surface area contributed by atoms with E-state index in [1.165, 1.54) is 0 Å². The second kappa shape index (κ2) is 13.2. The fourth-order valence-corrected chi connectivity index (χ4v) is 8.00. The number of carbonyl (C=O) groups excluding carboxylic acids is 1. The van der Waals surface area contributed by atoms with Gasteiger partial charge in [-0.2, -0.15) is 0 Å². The second-order valence-electron chi connectivity index (χ2n) is 13.4. The maximum Gasteiger partial charge on any atom is 0.336 e. The van der Waals surface area contributed by atoms with E-state index >= 15 is 0 Å². The van der Waals surface area contributed by atoms with Gasteiger partial charge < -0.3 is 23.9 Å². The van der Waals surface area contributed by atoms with Gasteiger partial charge in [0.1, 0.15) is 11.4 Å². The molecule has 9 heteroatoms. The molecule has 4 aromatic carbocycles. The lowest BCUT2D eigenvalue weighted by Crippen LogP contribution is -2.32. The Morgan fingerprint density at radius 2 is 1.60 bits per heavy atom. The van der Waals surface area contributed by atoms with Gasteiger partial charge in [0, 0.05) is 53.4 Å². The zero-order chi connectivity index (χ0) is 35.4. The molecule has 1 amide bonds. The smallest absolute Gasteiger partial charge is 0.336 e. The average molecular weight is 709 g/mol. The largest absolute Gasteiger partial charge is 0.494 e. The minimum Gasteiger partial charge on any atom is -0.494 e. The molecule has 0 aliphatic carbocycles. The molecule has 1 aliphatic heterocycles. The molecule has 0 atom stereocenters. The van der Waals surface area contributed by atoms with E-state index in [4.69, 9.17) is 27.9 Å². The summed E-state index contributed by atoms with van der Waals surface area (Å²) in [4.78, 5) is 29.1. The van der Waals surface area contributed by atoms with Gasteiger partial charge in [-0.25, -0.2) is 4.79 Å². The number of fused-ring (bicyclic) bond motifs is 4. The number of nitrogens with zero attached hydrogens (tertiary/aromatic N) is 3. The number of benzene rings is 4. The molecule has 1 N–H and O–H groups in total. The molecule has 0 saturated carbocycles. The Balaban J connectivity index is 1.37. The minimum atomic E-state index is -1.03. The molecule has 0 unspecified atom stereocenters. The van der Waals surface area contributed by atoms with Crippen molar-refractivity contribution in [1.29, 1.82) is 0 Å². The van der Waals surface area contributed by atoms with Crippen LogP contribution in [0.1, 0.15) is 61.5 Å². The first kappa shape index (κ1) is 33.8. The summed E-state index contributed by atoms with van der Waals surface area (Å²) in [6, 6.07) is 19.5. The summed E-state index contributed by atoms with van der Waals surface area (Å²) in [5.41, 5.74) is 10.1. The van der Waals surface area contributed by atoms with Gasteiger partial charge in [-0.05, 0) is 117 Å². The Labute approximate surface area is 301 Å². The van der Waals surface area contributed by atoms with Crippen LogP contribution >= 0.6 is 23.2 Å². The van der Waals surface area contributed by atoms with E-state index in [9.17, 15) is 14.7 Å². The molecule has 1 aliphatic rings. The molecular weight excluding hydrogens is 669 g/mol. The highest BCUT2D eigenvalue weighted by atomic mass is 35.5. The Morgan fingerprint density at radius 3 is 2.30 bits per heavy atom. The van der Waals surface area contributed by atoms with Crippen LogP contribution in [0.5, 0.6) is 5.75 Å². The van der Waals surface area contributed by atoms with Crippen molar-refractivity contribution in [2.24, 2.45) is 7.05 Å². The molecule has 0 fully saturated rings. The van der Waals surface area contributed by atoms with Crippen LogP contribution < -0.4 is 9.64 Å². The van der Waals surface area contributed by atoms with Crippen LogP contribution in [0.2, 0.25) is 10.0 Å². The van der Waals surface area contributed by atoms with E-state index in [-0.39, 0.29) is 11.5 Å². The SMILES string of the molecule is Cc1cc(OCCCc2c3n(c4c(-c5c(C)cccc5C)c(Cl)ccc24)CCCN(c2cc(C(=O)O)c4ccn(C)c4c2)C3=O)cc(C)c1Cl. The molecule has 2 aromatic heterocycles. The summed E-state index contributed by atoms with van der Waals surface area (Å²) in [7, 11) is 1.88. The van der Waals surface area contributed by atoms with Gasteiger partial charge in [0.15, 0.2) is 0 Å². The highest BCUT2D eigenvalue weighted by molar-refractivity contribution is 6.35. The Morgan fingerprint density at radius 1 is 0.880 bits per heavy atom. The molecule has 0 saturated heterocycles. The Bertz CT molecular complexity index is 2310. The lowest BCUT2D eigenvalue weighted by Gasteiger charge is -2.22. The van der Waals surface area contributed by atoms with E-state index in [0.717, 1.165) is 66.1 Å². The van der Waals surface area contributed by atoms with Crippen molar-refractivity contribution in [2.45, 2.75) is 53.5 Å². The van der Waals surface area contributed by atoms with Crippen LogP contribution in [0, 0.1) is 27.7 Å². The maximum absolute atomic E-state index is 15.0. The first-order valence-corrected chi connectivity index (χ1v) is 17.7. The number of anilines is 1. The van der Waals surface area contributed by atoms with Crippen molar-refractivity contribution in [2.75, 3.05) is 18.1 Å². The molecule has 0 spiro atoms. The van der Waals surface area contributed by atoms with E-state index in [1.54, 1.807) is 17.0 Å². The fraction of sp³-hybridized carbons (Fsp3) is 0.268. The van der Waals surface area contributed by atoms with Crippen LogP contribution in [-0.4, -0.2) is 39.3 Å². The number of ether oxygens (including phenoxy) is 1. The number of aromatic carboxylic acids is 1. The maximum atomic E-state index is 15.0. The molecular formula is C41H39Cl2N3O4. The summed E-state index contributed by atoms with van der Waals surface area (Å²) in [5, 5.41) is 13.1. The normalized spacial score (nSPS) is 13.3. The fourth-order valence-electron chi connectivity index (χ4n) is 7.64. The summed E-state index contributed by atoms with van der Waals surface area (Å²) < 4.78 is 10.2. The van der Waals surface area contributed by atoms with Crippen molar-refractivity contribution < 1.29 is 19.4 Å². The number of amides is 1. The summed E-state index contributed by atoms with van der Waals surface area (Å²) >= 11 is 13.5. The highest BCUT2D eigenvalue weighted by Gasteiger charge is 2.32. The van der Waals surface area contributed by atoms with Crippen molar-refractivity contribution in [3.05, 3.63) is 116 Å². The van der Waals surface area contributed by atoms with Gasteiger partial charge in [0.05, 0.1) is 28.2 Å². The van der Waals surface area contributed by atoms with Gasteiger partial charge in [-0.15, -0.1) is 0 Å². The molecule has 7 nitrogen and oxygen atoms in total. The standard InChI is InChI=1S/C41H39Cl2N3O4/c1-23-9-6-10-24(2)35(23)36-33(42)13-12-31-30(11-7-18-50-28-19-25(3)37(43)26(4)20-28)39-40(47)45(15-8-16-46(39)38(31)36)27-21-32(41(48)49)29-14-17-44(5)34(29)22-27/h6,9-10,12-14,17,19-22H,7-8,11,15-16,18H2,1-5H3,(H,48,49). The molecule has 256 valence electrons. The molecule has 0 radical (unpaired) electrons. The van der Waals surface area contributed by atoms with Crippen LogP contribution in [0.25, 0.3) is 32.9 Å². The number of hydrogen-bond donors (Lipinski definition) is 1. The number of rotatable bonds is 8. The number of aromatic nitrogens is 2. The van der Waals surface area contributed by atoms with E-state index < -0.39 is 5.97 Å². The molecule has 6 aromatic rings. The average Bonchev–Trinajstić information content (AvgIpc) is 3.54. The first-order valence-electron chi connectivity index (χ1n) is 16.9. The van der Waals surface area contributed by atoms with Gasteiger partial charge in [-0.1, -0.05) is 47.5 Å². The number of aryl methyl sites for hydroxylation is 7. The minimum absolute atomic E-state index is 0.160. The molecule has 3 heterocycles. The number of halogens is 2. The number of carboxylic acid groups (broad SMARTS) is 1. The zero-order valence-corrected chi connectivity index (χ0v) is 30.4. The van der Waals surface area contributed by atoms with Crippen molar-refractivity contribution in [1.82, 2.24) is 9.13 Å². The third kappa shape index (κ3) is 5.72. The number of carboxylic acids is 1. The zero-order valence-electron chi connectivity index (χ0n) is 28.9.